The van der Waals surface area contributed by atoms with Gasteiger partial charge in [0, 0.05) is 6.42 Å². The van der Waals surface area contributed by atoms with E-state index >= 15 is 0 Å². The highest BCUT2D eigenvalue weighted by Gasteiger charge is 2.33. The third kappa shape index (κ3) is 2.59. The zero-order valence-corrected chi connectivity index (χ0v) is 12.1. The fourth-order valence-corrected chi connectivity index (χ4v) is 2.42. The van der Waals surface area contributed by atoms with E-state index in [1.165, 1.54) is 0 Å². The number of nitrogens with one attached hydrogen (secondary N) is 1. The molecular formula is C14H18BrNO2. The molecule has 1 aliphatic rings. The number of aliphatic hydroxyl groups is 1. The van der Waals surface area contributed by atoms with Gasteiger partial charge in [-0.1, -0.05) is 54.0 Å². The minimum absolute atomic E-state index is 0.0641. The number of fused-ring (bicyclic) bond motifs is 1. The van der Waals surface area contributed by atoms with Gasteiger partial charge in [-0.05, 0) is 17.0 Å². The van der Waals surface area contributed by atoms with Gasteiger partial charge in [-0.25, -0.2) is 0 Å². The number of rotatable bonds is 3. The van der Waals surface area contributed by atoms with Gasteiger partial charge in [0.25, 0.3) is 0 Å². The number of halogens is 1. The molecule has 18 heavy (non-hydrogen) atoms. The highest BCUT2D eigenvalue weighted by molar-refractivity contribution is 9.10. The zero-order chi connectivity index (χ0) is 13.3. The number of hydrogen-bond donors (Lipinski definition) is 2. The first-order valence-corrected chi connectivity index (χ1v) is 7.12. The molecule has 1 aromatic carbocycles. The highest BCUT2D eigenvalue weighted by atomic mass is 79.9. The maximum absolute atomic E-state index is 12.0. The van der Waals surface area contributed by atoms with E-state index in [2.05, 4.69) is 21.2 Å². The van der Waals surface area contributed by atoms with Gasteiger partial charge in [-0.15, -0.1) is 0 Å². The molecule has 0 saturated carbocycles. The highest BCUT2D eigenvalue weighted by Crippen LogP contribution is 2.31. The maximum atomic E-state index is 12.0. The van der Waals surface area contributed by atoms with Gasteiger partial charge in [0.2, 0.25) is 5.91 Å². The van der Waals surface area contributed by atoms with Crippen molar-refractivity contribution in [2.45, 2.75) is 37.2 Å². The smallest absolute Gasteiger partial charge is 0.234 e. The molecule has 98 valence electrons. The maximum Gasteiger partial charge on any atom is 0.234 e. The van der Waals surface area contributed by atoms with Gasteiger partial charge >= 0.3 is 0 Å². The Labute approximate surface area is 116 Å². The van der Waals surface area contributed by atoms with Crippen LogP contribution in [0.2, 0.25) is 0 Å². The van der Waals surface area contributed by atoms with Gasteiger partial charge in [-0.3, -0.25) is 4.79 Å². The molecular weight excluding hydrogens is 294 g/mol. The Balaban J connectivity index is 2.13. The van der Waals surface area contributed by atoms with Crippen molar-refractivity contribution in [2.24, 2.45) is 5.92 Å². The van der Waals surface area contributed by atoms with E-state index in [4.69, 9.17) is 0 Å². The molecule has 0 saturated heterocycles. The van der Waals surface area contributed by atoms with Crippen molar-refractivity contribution in [3.63, 3.8) is 0 Å². The van der Waals surface area contributed by atoms with Crippen molar-refractivity contribution < 1.29 is 9.90 Å². The quantitative estimate of drug-likeness (QED) is 0.841. The molecule has 3 atom stereocenters. The van der Waals surface area contributed by atoms with Crippen molar-refractivity contribution in [1.82, 2.24) is 5.32 Å². The summed E-state index contributed by atoms with van der Waals surface area (Å²) < 4.78 is 0. The lowest BCUT2D eigenvalue weighted by atomic mass is 10.1. The van der Waals surface area contributed by atoms with E-state index in [9.17, 15) is 9.90 Å². The molecule has 1 aliphatic carbocycles. The molecule has 1 aromatic rings. The van der Waals surface area contributed by atoms with Crippen molar-refractivity contribution >= 4 is 21.8 Å². The Hall–Kier alpha value is -0.870. The van der Waals surface area contributed by atoms with Crippen molar-refractivity contribution in [3.05, 3.63) is 35.4 Å². The minimum Gasteiger partial charge on any atom is -0.390 e. The lowest BCUT2D eigenvalue weighted by Crippen LogP contribution is -2.39. The molecule has 0 fully saturated rings. The van der Waals surface area contributed by atoms with Crippen LogP contribution in [0.25, 0.3) is 0 Å². The number of hydrogen-bond acceptors (Lipinski definition) is 2. The Kier molecular flexibility index (Phi) is 4.07. The van der Waals surface area contributed by atoms with Crippen LogP contribution in [0.1, 0.15) is 31.0 Å². The van der Waals surface area contributed by atoms with Crippen LogP contribution in [0, 0.1) is 5.92 Å². The fourth-order valence-electron chi connectivity index (χ4n) is 2.28. The van der Waals surface area contributed by atoms with Gasteiger partial charge < -0.3 is 10.4 Å². The number of benzene rings is 1. The number of carbonyl (C=O) groups excluding carboxylic acids is 1. The number of alkyl halides is 1. The van der Waals surface area contributed by atoms with Gasteiger partial charge in [0.1, 0.15) is 0 Å². The molecule has 0 heterocycles. The van der Waals surface area contributed by atoms with Crippen molar-refractivity contribution in [3.8, 4) is 0 Å². The standard InChI is InChI=1S/C14H18BrNO2/c1-8(2)12(15)14(18)16-13-10-6-4-3-5-9(10)7-11(13)17/h3-6,8,11-13,17H,7H2,1-2H3,(H,16,18)/t11-,12?,13+/m1/s1. The van der Waals surface area contributed by atoms with Crippen molar-refractivity contribution in [2.75, 3.05) is 0 Å². The summed E-state index contributed by atoms with van der Waals surface area (Å²) in [7, 11) is 0. The topological polar surface area (TPSA) is 49.3 Å². The molecule has 2 N–H and O–H groups in total. The van der Waals surface area contributed by atoms with Crippen LogP contribution in [0.3, 0.4) is 0 Å². The summed E-state index contributed by atoms with van der Waals surface area (Å²) in [6.45, 7) is 3.97. The summed E-state index contributed by atoms with van der Waals surface area (Å²) in [6, 6.07) is 7.57. The second-order valence-electron chi connectivity index (χ2n) is 5.10. The summed E-state index contributed by atoms with van der Waals surface area (Å²) >= 11 is 3.38. The Morgan fingerprint density at radius 3 is 2.78 bits per heavy atom. The predicted octanol–water partition coefficient (Wildman–Crippen LogP) is 2.18. The third-order valence-electron chi connectivity index (χ3n) is 3.34. The van der Waals surface area contributed by atoms with Crippen LogP contribution in [-0.2, 0) is 11.2 Å². The van der Waals surface area contributed by atoms with Gasteiger partial charge in [0.05, 0.1) is 17.0 Å². The molecule has 1 unspecified atom stereocenters. The molecule has 0 radical (unpaired) electrons. The monoisotopic (exact) mass is 311 g/mol. The molecule has 4 heteroatoms. The second kappa shape index (κ2) is 5.41. The number of carbonyl (C=O) groups is 1. The summed E-state index contributed by atoms with van der Waals surface area (Å²) in [6.07, 6.45) is 0.0775. The van der Waals surface area contributed by atoms with Crippen LogP contribution in [0.5, 0.6) is 0 Å². The number of amides is 1. The first kappa shape index (κ1) is 13.6. The van der Waals surface area contributed by atoms with Crippen LogP contribution < -0.4 is 5.32 Å². The summed E-state index contributed by atoms with van der Waals surface area (Å²) in [5.41, 5.74) is 2.15. The van der Waals surface area contributed by atoms with E-state index in [1.54, 1.807) is 0 Å². The van der Waals surface area contributed by atoms with Crippen LogP contribution in [0.15, 0.2) is 24.3 Å². The average molecular weight is 312 g/mol. The molecule has 0 bridgehead atoms. The van der Waals surface area contributed by atoms with Gasteiger partial charge in [-0.2, -0.15) is 0 Å². The van der Waals surface area contributed by atoms with Crippen LogP contribution >= 0.6 is 15.9 Å². The van der Waals surface area contributed by atoms with Crippen LogP contribution in [-0.4, -0.2) is 21.9 Å². The van der Waals surface area contributed by atoms with E-state index < -0.39 is 6.10 Å². The molecule has 0 aromatic heterocycles. The Morgan fingerprint density at radius 2 is 2.11 bits per heavy atom. The Morgan fingerprint density at radius 1 is 1.44 bits per heavy atom. The molecule has 0 spiro atoms. The van der Waals surface area contributed by atoms with E-state index in [0.29, 0.717) is 6.42 Å². The van der Waals surface area contributed by atoms with E-state index in [-0.39, 0.29) is 22.7 Å². The Bertz CT molecular complexity index is 447. The average Bonchev–Trinajstić information content (AvgIpc) is 2.65. The molecule has 2 rings (SSSR count). The zero-order valence-electron chi connectivity index (χ0n) is 10.6. The third-order valence-corrected chi connectivity index (χ3v) is 4.81. The van der Waals surface area contributed by atoms with Crippen molar-refractivity contribution in [1.29, 1.82) is 0 Å². The number of aliphatic hydroxyl groups excluding tert-OH is 1. The summed E-state index contributed by atoms with van der Waals surface area (Å²) in [5.74, 6) is 0.157. The largest absolute Gasteiger partial charge is 0.390 e. The van der Waals surface area contributed by atoms with E-state index in [1.807, 2.05) is 38.1 Å². The second-order valence-corrected chi connectivity index (χ2v) is 6.09. The first-order valence-electron chi connectivity index (χ1n) is 6.21. The normalized spacial score (nSPS) is 23.8. The summed E-state index contributed by atoms with van der Waals surface area (Å²) in [5, 5.41) is 13.0. The molecule has 3 nitrogen and oxygen atoms in total. The minimum atomic E-state index is -0.529. The van der Waals surface area contributed by atoms with Gasteiger partial charge in [0.15, 0.2) is 0 Å². The van der Waals surface area contributed by atoms with E-state index in [0.717, 1.165) is 11.1 Å². The lowest BCUT2D eigenvalue weighted by Gasteiger charge is -2.21. The first-order chi connectivity index (χ1) is 8.50. The predicted molar refractivity (Wildman–Crippen MR) is 74.6 cm³/mol. The fraction of sp³-hybridized carbons (Fsp3) is 0.500. The summed E-state index contributed by atoms with van der Waals surface area (Å²) in [4.78, 5) is 11.8. The molecule has 1 amide bonds. The lowest BCUT2D eigenvalue weighted by molar-refractivity contribution is -0.122. The van der Waals surface area contributed by atoms with Crippen LogP contribution in [0.4, 0.5) is 0 Å². The SMILES string of the molecule is CC(C)C(Br)C(=O)N[C@H]1c2ccccc2C[C@H]1O. The molecule has 0 aliphatic heterocycles.